The first-order chi connectivity index (χ1) is 15.5. The van der Waals surface area contributed by atoms with Crippen LogP contribution in [0.25, 0.3) is 11.0 Å². The quantitative estimate of drug-likeness (QED) is 0.465. The highest BCUT2D eigenvalue weighted by Gasteiger charge is 2.44. The zero-order valence-corrected chi connectivity index (χ0v) is 17.3. The van der Waals surface area contributed by atoms with Gasteiger partial charge in [-0.05, 0) is 36.4 Å². The fourth-order valence-electron chi connectivity index (χ4n) is 4.18. The summed E-state index contributed by atoms with van der Waals surface area (Å²) in [6.07, 6.45) is 1.50. The summed E-state index contributed by atoms with van der Waals surface area (Å²) in [5.74, 6) is 0.215. The molecule has 0 N–H and O–H groups in total. The van der Waals surface area contributed by atoms with Crippen molar-refractivity contribution in [3.8, 4) is 11.5 Å². The van der Waals surface area contributed by atoms with Crippen molar-refractivity contribution < 1.29 is 27.5 Å². The topological polar surface area (TPSA) is 82.1 Å². The molecule has 1 aliphatic heterocycles. The predicted molar refractivity (Wildman–Crippen MR) is 112 cm³/mol. The Balaban J connectivity index is 1.80. The van der Waals surface area contributed by atoms with Gasteiger partial charge in [-0.1, -0.05) is 12.1 Å². The molecular formula is C24H18FNO6. The number of ether oxygens (including phenoxy) is 2. The van der Waals surface area contributed by atoms with Gasteiger partial charge in [-0.15, -0.1) is 0 Å². The van der Waals surface area contributed by atoms with Crippen molar-refractivity contribution in [1.29, 1.82) is 0 Å². The van der Waals surface area contributed by atoms with Gasteiger partial charge in [0.05, 0.1) is 44.0 Å². The first-order valence-electron chi connectivity index (χ1n) is 9.84. The second kappa shape index (κ2) is 7.56. The molecule has 7 nitrogen and oxygen atoms in total. The lowest BCUT2D eigenvalue weighted by atomic mass is 9.97. The van der Waals surface area contributed by atoms with Crippen LogP contribution in [0.5, 0.6) is 11.5 Å². The molecule has 0 bridgehead atoms. The first-order valence-corrected chi connectivity index (χ1v) is 9.84. The van der Waals surface area contributed by atoms with Crippen LogP contribution in [0.1, 0.15) is 33.5 Å². The smallest absolute Gasteiger partial charge is 0.291 e. The van der Waals surface area contributed by atoms with E-state index in [1.165, 1.54) is 37.5 Å². The zero-order chi connectivity index (χ0) is 22.4. The third-order valence-electron chi connectivity index (χ3n) is 5.56. The Labute approximate surface area is 181 Å². The van der Waals surface area contributed by atoms with Crippen LogP contribution in [-0.2, 0) is 6.54 Å². The summed E-state index contributed by atoms with van der Waals surface area (Å²) in [5, 5.41) is 0.0586. The van der Waals surface area contributed by atoms with Crippen LogP contribution in [-0.4, -0.2) is 25.0 Å². The average molecular weight is 435 g/mol. The number of furan rings is 1. The van der Waals surface area contributed by atoms with E-state index in [0.717, 1.165) is 6.07 Å². The number of amides is 1. The van der Waals surface area contributed by atoms with Gasteiger partial charge in [0.2, 0.25) is 5.76 Å². The Bertz CT molecular complexity index is 1390. The fourth-order valence-corrected chi connectivity index (χ4v) is 4.18. The van der Waals surface area contributed by atoms with Crippen LogP contribution in [0.15, 0.2) is 68.4 Å². The maximum Gasteiger partial charge on any atom is 0.291 e. The van der Waals surface area contributed by atoms with Gasteiger partial charge < -0.3 is 23.2 Å². The fraction of sp³-hybridized carbons (Fsp3) is 0.167. The molecule has 1 amide bonds. The maximum absolute atomic E-state index is 13.9. The summed E-state index contributed by atoms with van der Waals surface area (Å²) in [4.78, 5) is 28.4. The molecule has 0 saturated heterocycles. The molecule has 0 saturated carbocycles. The highest BCUT2D eigenvalue weighted by Crippen LogP contribution is 2.45. The van der Waals surface area contributed by atoms with Gasteiger partial charge >= 0.3 is 0 Å². The molecule has 1 aliphatic rings. The van der Waals surface area contributed by atoms with E-state index in [-0.39, 0.29) is 28.8 Å². The molecule has 1 atom stereocenters. The van der Waals surface area contributed by atoms with Crippen LogP contribution < -0.4 is 14.9 Å². The summed E-state index contributed by atoms with van der Waals surface area (Å²) in [5.41, 5.74) is 0.311. The van der Waals surface area contributed by atoms with Crippen molar-refractivity contribution >= 4 is 16.9 Å². The minimum atomic E-state index is -0.850. The van der Waals surface area contributed by atoms with Gasteiger partial charge in [-0.2, -0.15) is 0 Å². The summed E-state index contributed by atoms with van der Waals surface area (Å²) in [6, 6.07) is 11.4. The normalized spacial score (nSPS) is 15.3. The molecule has 2 aromatic heterocycles. The molecule has 0 fully saturated rings. The molecule has 0 spiro atoms. The average Bonchev–Trinajstić information content (AvgIpc) is 3.41. The van der Waals surface area contributed by atoms with Crippen molar-refractivity contribution in [2.75, 3.05) is 14.2 Å². The van der Waals surface area contributed by atoms with Crippen LogP contribution in [0.2, 0.25) is 0 Å². The Hall–Kier alpha value is -4.07. The number of para-hydroxylation sites is 1. The zero-order valence-electron chi connectivity index (χ0n) is 17.3. The molecule has 0 radical (unpaired) electrons. The Morgan fingerprint density at radius 1 is 1.06 bits per heavy atom. The van der Waals surface area contributed by atoms with E-state index in [0.29, 0.717) is 22.8 Å². The summed E-state index contributed by atoms with van der Waals surface area (Å²) in [6.45, 7) is 0.0885. The number of rotatable bonds is 5. The molecule has 4 aromatic rings. The molecular weight excluding hydrogens is 417 g/mol. The van der Waals surface area contributed by atoms with Crippen LogP contribution in [0, 0.1) is 5.82 Å². The lowest BCUT2D eigenvalue weighted by molar-refractivity contribution is 0.0699. The van der Waals surface area contributed by atoms with Gasteiger partial charge in [-0.25, -0.2) is 4.39 Å². The van der Waals surface area contributed by atoms with E-state index in [2.05, 4.69) is 0 Å². The third kappa shape index (κ3) is 2.95. The van der Waals surface area contributed by atoms with Crippen LogP contribution in [0.3, 0.4) is 0 Å². The molecule has 3 heterocycles. The lowest BCUT2D eigenvalue weighted by Crippen LogP contribution is -2.29. The lowest BCUT2D eigenvalue weighted by Gasteiger charge is -2.26. The highest BCUT2D eigenvalue weighted by atomic mass is 19.1. The monoisotopic (exact) mass is 435 g/mol. The second-order valence-electron chi connectivity index (χ2n) is 7.31. The summed E-state index contributed by atoms with van der Waals surface area (Å²) < 4.78 is 36.2. The van der Waals surface area contributed by atoms with Crippen molar-refractivity contribution in [3.05, 3.63) is 93.5 Å². The predicted octanol–water partition coefficient (Wildman–Crippen LogP) is 4.29. The number of fused-ring (bicyclic) bond motifs is 2. The number of hydrogen-bond donors (Lipinski definition) is 0. The first kappa shape index (κ1) is 19.9. The Morgan fingerprint density at radius 2 is 1.91 bits per heavy atom. The highest BCUT2D eigenvalue weighted by molar-refractivity contribution is 5.99. The van der Waals surface area contributed by atoms with Crippen molar-refractivity contribution in [1.82, 2.24) is 4.90 Å². The maximum atomic E-state index is 13.9. The standard InChI is InChI=1S/C24H18FNO6/c1-29-18-7-3-6-15(22(18)30-2)20-19-21(27)16-11-13(25)8-9-17(16)32-23(19)24(28)26(20)12-14-5-4-10-31-14/h3-11,20H,12H2,1-2H3. The van der Waals surface area contributed by atoms with E-state index >= 15 is 0 Å². The van der Waals surface area contributed by atoms with Crippen molar-refractivity contribution in [2.45, 2.75) is 12.6 Å². The number of methoxy groups -OCH3 is 2. The molecule has 1 unspecified atom stereocenters. The number of carbonyl (C=O) groups excluding carboxylic acids is 1. The van der Waals surface area contributed by atoms with Gasteiger partial charge in [0.25, 0.3) is 5.91 Å². The van der Waals surface area contributed by atoms with Crippen molar-refractivity contribution in [2.24, 2.45) is 0 Å². The Kier molecular flexibility index (Phi) is 4.70. The van der Waals surface area contributed by atoms with E-state index in [1.807, 2.05) is 0 Å². The van der Waals surface area contributed by atoms with E-state index in [9.17, 15) is 14.0 Å². The number of hydrogen-bond acceptors (Lipinski definition) is 6. The van der Waals surface area contributed by atoms with Gasteiger partial charge in [-0.3, -0.25) is 9.59 Å². The number of carbonyl (C=O) groups is 1. The summed E-state index contributed by atoms with van der Waals surface area (Å²) in [7, 11) is 2.98. The van der Waals surface area contributed by atoms with E-state index in [4.69, 9.17) is 18.3 Å². The number of halogens is 1. The summed E-state index contributed by atoms with van der Waals surface area (Å²) >= 11 is 0. The minimum Gasteiger partial charge on any atom is -0.493 e. The molecule has 162 valence electrons. The molecule has 2 aromatic carbocycles. The van der Waals surface area contributed by atoms with Crippen LogP contribution >= 0.6 is 0 Å². The van der Waals surface area contributed by atoms with Gasteiger partial charge in [0, 0.05) is 5.56 Å². The molecule has 5 rings (SSSR count). The van der Waals surface area contributed by atoms with E-state index in [1.54, 1.807) is 30.3 Å². The Morgan fingerprint density at radius 3 is 2.62 bits per heavy atom. The van der Waals surface area contributed by atoms with Crippen LogP contribution in [0.4, 0.5) is 4.39 Å². The van der Waals surface area contributed by atoms with Gasteiger partial charge in [0.1, 0.15) is 17.2 Å². The second-order valence-corrected chi connectivity index (χ2v) is 7.31. The molecule has 32 heavy (non-hydrogen) atoms. The number of nitrogens with zero attached hydrogens (tertiary/aromatic N) is 1. The van der Waals surface area contributed by atoms with E-state index < -0.39 is 23.2 Å². The largest absolute Gasteiger partial charge is 0.493 e. The number of benzene rings is 2. The van der Waals surface area contributed by atoms with Crippen molar-refractivity contribution in [3.63, 3.8) is 0 Å². The van der Waals surface area contributed by atoms with Gasteiger partial charge in [0.15, 0.2) is 16.9 Å². The molecule has 0 aliphatic carbocycles. The molecule has 8 heteroatoms. The SMILES string of the molecule is COc1cccc(C2c3c(oc4ccc(F)cc4c3=O)C(=O)N2Cc2ccco2)c1OC. The minimum absolute atomic E-state index is 0.0586. The third-order valence-corrected chi connectivity index (χ3v) is 5.56.